The summed E-state index contributed by atoms with van der Waals surface area (Å²) >= 11 is 0. The Morgan fingerprint density at radius 1 is 1.19 bits per heavy atom. The quantitative estimate of drug-likeness (QED) is 0.855. The lowest BCUT2D eigenvalue weighted by atomic mass is 10.1. The van der Waals surface area contributed by atoms with E-state index in [1.54, 1.807) is 0 Å². The van der Waals surface area contributed by atoms with Gasteiger partial charge in [0.2, 0.25) is 5.91 Å². The molecule has 0 unspecified atom stereocenters. The Hall–Kier alpha value is -1.49. The van der Waals surface area contributed by atoms with Crippen LogP contribution in [0.3, 0.4) is 0 Å². The summed E-state index contributed by atoms with van der Waals surface area (Å²) in [6.45, 7) is 5.56. The zero-order chi connectivity index (χ0) is 15.6. The largest absolute Gasteiger partial charge is 0.337 e. The molecule has 2 atom stereocenters. The standard InChI is InChI=1S/C16H22F2N2O/c1-11-10-20(12(2)9-19(11)3)16(21)8-7-13-14(17)5-4-6-15(13)18/h4-6,11-12H,7-10H2,1-3H3/t11-,12-/m1/s1. The van der Waals surface area contributed by atoms with Gasteiger partial charge in [-0.3, -0.25) is 9.69 Å². The number of nitrogens with zero attached hydrogens (tertiary/aromatic N) is 2. The molecule has 0 saturated carbocycles. The molecule has 1 aliphatic heterocycles. The average Bonchev–Trinajstić information content (AvgIpc) is 2.42. The summed E-state index contributed by atoms with van der Waals surface area (Å²) in [5.41, 5.74) is 0.000629. The maximum atomic E-state index is 13.6. The van der Waals surface area contributed by atoms with E-state index in [0.717, 1.165) is 6.54 Å². The molecule has 0 spiro atoms. The van der Waals surface area contributed by atoms with E-state index < -0.39 is 11.6 Å². The molecule has 1 heterocycles. The molecule has 1 aliphatic rings. The molecule has 5 heteroatoms. The molecule has 0 aliphatic carbocycles. The average molecular weight is 296 g/mol. The molecule has 1 aromatic carbocycles. The predicted octanol–water partition coefficient (Wildman–Crippen LogP) is 2.45. The van der Waals surface area contributed by atoms with Gasteiger partial charge >= 0.3 is 0 Å². The summed E-state index contributed by atoms with van der Waals surface area (Å²) < 4.78 is 27.1. The van der Waals surface area contributed by atoms with Gasteiger partial charge in [0.05, 0.1) is 0 Å². The van der Waals surface area contributed by atoms with Crippen LogP contribution in [0.15, 0.2) is 18.2 Å². The second-order valence-corrected chi connectivity index (χ2v) is 5.88. The normalized spacial score (nSPS) is 23.4. The van der Waals surface area contributed by atoms with Crippen LogP contribution in [0.2, 0.25) is 0 Å². The first kappa shape index (κ1) is 15.9. The lowest BCUT2D eigenvalue weighted by Crippen LogP contribution is -2.56. The Morgan fingerprint density at radius 2 is 1.81 bits per heavy atom. The number of carbonyl (C=O) groups is 1. The van der Waals surface area contributed by atoms with Crippen LogP contribution in [0.1, 0.15) is 25.8 Å². The van der Waals surface area contributed by atoms with Gasteiger partial charge in [0.25, 0.3) is 0 Å². The van der Waals surface area contributed by atoms with Crippen molar-refractivity contribution in [1.82, 2.24) is 9.80 Å². The Bertz CT molecular complexity index is 501. The molecule has 2 rings (SSSR count). The van der Waals surface area contributed by atoms with Crippen molar-refractivity contribution in [1.29, 1.82) is 0 Å². The van der Waals surface area contributed by atoms with E-state index in [0.29, 0.717) is 12.6 Å². The summed E-state index contributed by atoms with van der Waals surface area (Å²) in [4.78, 5) is 16.4. The van der Waals surface area contributed by atoms with Crippen LogP contribution in [0.5, 0.6) is 0 Å². The first-order valence-electron chi connectivity index (χ1n) is 7.32. The van der Waals surface area contributed by atoms with E-state index in [1.807, 2.05) is 18.9 Å². The number of hydrogen-bond donors (Lipinski definition) is 0. The molecule has 0 radical (unpaired) electrons. The van der Waals surface area contributed by atoms with Crippen molar-refractivity contribution in [2.45, 2.75) is 38.8 Å². The minimum atomic E-state index is -0.581. The van der Waals surface area contributed by atoms with Gasteiger partial charge < -0.3 is 4.90 Å². The predicted molar refractivity (Wildman–Crippen MR) is 77.9 cm³/mol. The highest BCUT2D eigenvalue weighted by molar-refractivity contribution is 5.77. The van der Waals surface area contributed by atoms with Crippen LogP contribution in [-0.4, -0.2) is 47.9 Å². The molecule has 116 valence electrons. The number of likely N-dealkylation sites (N-methyl/N-ethyl adjacent to an activating group) is 1. The molecule has 0 bridgehead atoms. The van der Waals surface area contributed by atoms with Gasteiger partial charge in [0.15, 0.2) is 0 Å². The van der Waals surface area contributed by atoms with Gasteiger partial charge in [-0.25, -0.2) is 8.78 Å². The summed E-state index contributed by atoms with van der Waals surface area (Å²) in [6, 6.07) is 4.21. The fourth-order valence-corrected chi connectivity index (χ4v) is 2.79. The van der Waals surface area contributed by atoms with Crippen molar-refractivity contribution in [3.8, 4) is 0 Å². The van der Waals surface area contributed by atoms with E-state index >= 15 is 0 Å². The summed E-state index contributed by atoms with van der Waals surface area (Å²) in [5, 5.41) is 0. The minimum absolute atomic E-state index is 0.000629. The zero-order valence-corrected chi connectivity index (χ0v) is 12.8. The number of halogens is 2. The van der Waals surface area contributed by atoms with Crippen LogP contribution in [0.4, 0.5) is 8.78 Å². The topological polar surface area (TPSA) is 23.6 Å². The number of rotatable bonds is 3. The smallest absolute Gasteiger partial charge is 0.223 e. The highest BCUT2D eigenvalue weighted by atomic mass is 19.1. The van der Waals surface area contributed by atoms with E-state index in [9.17, 15) is 13.6 Å². The Labute approximate surface area is 124 Å². The molecule has 0 aromatic heterocycles. The molecular weight excluding hydrogens is 274 g/mol. The van der Waals surface area contributed by atoms with E-state index in [1.165, 1.54) is 18.2 Å². The third-order valence-corrected chi connectivity index (χ3v) is 4.27. The van der Waals surface area contributed by atoms with Crippen molar-refractivity contribution in [3.05, 3.63) is 35.4 Å². The van der Waals surface area contributed by atoms with Crippen molar-refractivity contribution < 1.29 is 13.6 Å². The highest BCUT2D eigenvalue weighted by Crippen LogP contribution is 2.18. The fourth-order valence-electron chi connectivity index (χ4n) is 2.79. The molecule has 1 amide bonds. The monoisotopic (exact) mass is 296 g/mol. The lowest BCUT2D eigenvalue weighted by Gasteiger charge is -2.42. The van der Waals surface area contributed by atoms with E-state index in [-0.39, 0.29) is 30.4 Å². The molecule has 1 saturated heterocycles. The first-order chi connectivity index (χ1) is 9.90. The van der Waals surface area contributed by atoms with Gasteiger partial charge in [0, 0.05) is 37.2 Å². The molecule has 0 N–H and O–H groups in total. The zero-order valence-electron chi connectivity index (χ0n) is 12.8. The fraction of sp³-hybridized carbons (Fsp3) is 0.562. The van der Waals surface area contributed by atoms with Crippen LogP contribution in [0.25, 0.3) is 0 Å². The lowest BCUT2D eigenvalue weighted by molar-refractivity contribution is -0.136. The van der Waals surface area contributed by atoms with Crippen LogP contribution >= 0.6 is 0 Å². The Balaban J connectivity index is 1.99. The van der Waals surface area contributed by atoms with Gasteiger partial charge in [0.1, 0.15) is 11.6 Å². The van der Waals surface area contributed by atoms with Gasteiger partial charge in [-0.15, -0.1) is 0 Å². The highest BCUT2D eigenvalue weighted by Gasteiger charge is 2.29. The third-order valence-electron chi connectivity index (χ3n) is 4.27. The van der Waals surface area contributed by atoms with Crippen molar-refractivity contribution >= 4 is 5.91 Å². The van der Waals surface area contributed by atoms with Crippen LogP contribution in [-0.2, 0) is 11.2 Å². The number of benzene rings is 1. The molecule has 3 nitrogen and oxygen atoms in total. The van der Waals surface area contributed by atoms with Crippen molar-refractivity contribution in [2.24, 2.45) is 0 Å². The molecule has 1 fully saturated rings. The van der Waals surface area contributed by atoms with Crippen LogP contribution in [0, 0.1) is 11.6 Å². The Kier molecular flexibility index (Phi) is 4.93. The maximum Gasteiger partial charge on any atom is 0.223 e. The first-order valence-corrected chi connectivity index (χ1v) is 7.32. The SMILES string of the molecule is C[C@@H]1CN(C(=O)CCc2c(F)cccc2F)[C@H](C)CN1C. The van der Waals surface area contributed by atoms with Gasteiger partial charge in [-0.2, -0.15) is 0 Å². The maximum absolute atomic E-state index is 13.6. The number of amides is 1. The summed E-state index contributed by atoms with van der Waals surface area (Å²) in [7, 11) is 2.04. The summed E-state index contributed by atoms with van der Waals surface area (Å²) in [6.07, 6.45) is 0.239. The molecular formula is C16H22F2N2O. The van der Waals surface area contributed by atoms with Gasteiger partial charge in [-0.1, -0.05) is 6.07 Å². The van der Waals surface area contributed by atoms with E-state index in [4.69, 9.17) is 0 Å². The second-order valence-electron chi connectivity index (χ2n) is 5.88. The van der Waals surface area contributed by atoms with Crippen molar-refractivity contribution in [3.63, 3.8) is 0 Å². The van der Waals surface area contributed by atoms with Crippen LogP contribution < -0.4 is 0 Å². The molecule has 1 aromatic rings. The number of hydrogen-bond acceptors (Lipinski definition) is 2. The van der Waals surface area contributed by atoms with Crippen molar-refractivity contribution in [2.75, 3.05) is 20.1 Å². The minimum Gasteiger partial charge on any atom is -0.337 e. The van der Waals surface area contributed by atoms with E-state index in [2.05, 4.69) is 11.8 Å². The number of carbonyl (C=O) groups excluding carboxylic acids is 1. The third kappa shape index (κ3) is 3.59. The number of piperazine rings is 1. The van der Waals surface area contributed by atoms with Gasteiger partial charge in [-0.05, 0) is 39.4 Å². The summed E-state index contributed by atoms with van der Waals surface area (Å²) in [5.74, 6) is -1.20. The second kappa shape index (κ2) is 6.52. The molecule has 21 heavy (non-hydrogen) atoms. The Morgan fingerprint density at radius 3 is 2.43 bits per heavy atom.